The van der Waals surface area contributed by atoms with Gasteiger partial charge in [-0.2, -0.15) is 0 Å². The van der Waals surface area contributed by atoms with E-state index in [1.165, 1.54) is 5.56 Å². The van der Waals surface area contributed by atoms with Crippen LogP contribution in [0, 0.1) is 6.92 Å². The Morgan fingerprint density at radius 1 is 1.05 bits per heavy atom. The summed E-state index contributed by atoms with van der Waals surface area (Å²) in [6.07, 6.45) is 1.70. The molecule has 0 aliphatic rings. The largest absolute Gasteiger partial charge is 0.496 e. The van der Waals surface area contributed by atoms with Crippen LogP contribution in [0.3, 0.4) is 0 Å². The van der Waals surface area contributed by atoms with Crippen LogP contribution in [0.2, 0.25) is 0 Å². The minimum Gasteiger partial charge on any atom is -0.496 e. The Hall–Kier alpha value is -2.29. The Morgan fingerprint density at radius 2 is 1.79 bits per heavy atom. The number of nitrogens with zero attached hydrogens (tertiary/aromatic N) is 1. The molecule has 0 N–H and O–H groups in total. The Morgan fingerprint density at radius 3 is 2.53 bits per heavy atom. The molecule has 2 aromatic rings. The molecule has 2 rings (SSSR count). The van der Waals surface area contributed by atoms with Crippen LogP contribution in [0.4, 0.5) is 0 Å². The van der Waals surface area contributed by atoms with E-state index in [1.54, 1.807) is 13.3 Å². The summed E-state index contributed by atoms with van der Waals surface area (Å²) in [6.45, 7) is 2.45. The first-order valence-electron chi connectivity index (χ1n) is 6.13. The summed E-state index contributed by atoms with van der Waals surface area (Å²) >= 11 is 0. The third kappa shape index (κ3) is 3.85. The van der Waals surface area contributed by atoms with Crippen molar-refractivity contribution in [2.24, 2.45) is 5.16 Å². The van der Waals surface area contributed by atoms with Gasteiger partial charge >= 0.3 is 0 Å². The molecule has 0 saturated heterocycles. The van der Waals surface area contributed by atoms with Crippen LogP contribution in [0.5, 0.6) is 5.75 Å². The van der Waals surface area contributed by atoms with Crippen molar-refractivity contribution in [2.75, 3.05) is 7.11 Å². The lowest BCUT2D eigenvalue weighted by Crippen LogP contribution is -1.93. The lowest BCUT2D eigenvalue weighted by molar-refractivity contribution is 0.130. The highest BCUT2D eigenvalue weighted by atomic mass is 16.6. The van der Waals surface area contributed by atoms with Crippen LogP contribution in [0.15, 0.2) is 53.7 Å². The minimum absolute atomic E-state index is 0.395. The van der Waals surface area contributed by atoms with E-state index in [4.69, 9.17) is 9.57 Å². The summed E-state index contributed by atoms with van der Waals surface area (Å²) in [5.74, 6) is 0.813. The van der Waals surface area contributed by atoms with Gasteiger partial charge in [-0.25, -0.2) is 0 Å². The summed E-state index contributed by atoms with van der Waals surface area (Å²) < 4.78 is 5.24. The molecule has 0 aliphatic carbocycles. The Balaban J connectivity index is 1.91. The molecule has 0 saturated carbocycles. The SMILES string of the molecule is COc1ccccc1CON=Cc1ccc(C)cc1. The maximum Gasteiger partial charge on any atom is 0.145 e. The molecule has 0 aromatic heterocycles. The van der Waals surface area contributed by atoms with Gasteiger partial charge in [-0.3, -0.25) is 0 Å². The van der Waals surface area contributed by atoms with E-state index in [2.05, 4.69) is 12.1 Å². The molecule has 3 heteroatoms. The summed E-state index contributed by atoms with van der Waals surface area (Å²) in [7, 11) is 1.65. The molecule has 3 nitrogen and oxygen atoms in total. The highest BCUT2D eigenvalue weighted by molar-refractivity contribution is 5.79. The van der Waals surface area contributed by atoms with Crippen molar-refractivity contribution in [1.29, 1.82) is 0 Å². The molecule has 0 unspecified atom stereocenters. The number of oxime groups is 1. The summed E-state index contributed by atoms with van der Waals surface area (Å²) in [5.41, 5.74) is 3.23. The zero-order valence-corrected chi connectivity index (χ0v) is 11.2. The molecule has 0 heterocycles. The summed E-state index contributed by atoms with van der Waals surface area (Å²) in [4.78, 5) is 5.29. The number of benzene rings is 2. The Kier molecular flexibility index (Phi) is 4.56. The molecule has 0 atom stereocenters. The van der Waals surface area contributed by atoms with E-state index in [0.717, 1.165) is 16.9 Å². The molecular formula is C16H17NO2. The minimum atomic E-state index is 0.395. The van der Waals surface area contributed by atoms with Crippen LogP contribution in [0.25, 0.3) is 0 Å². The Labute approximate surface area is 113 Å². The number of hydrogen-bond acceptors (Lipinski definition) is 3. The fourth-order valence-electron chi connectivity index (χ4n) is 1.68. The quantitative estimate of drug-likeness (QED) is 0.604. The highest BCUT2D eigenvalue weighted by Crippen LogP contribution is 2.17. The predicted molar refractivity (Wildman–Crippen MR) is 76.6 cm³/mol. The lowest BCUT2D eigenvalue weighted by atomic mass is 10.2. The monoisotopic (exact) mass is 255 g/mol. The second-order valence-corrected chi connectivity index (χ2v) is 4.23. The lowest BCUT2D eigenvalue weighted by Gasteiger charge is -2.06. The second kappa shape index (κ2) is 6.59. The average molecular weight is 255 g/mol. The number of ether oxygens (including phenoxy) is 1. The number of methoxy groups -OCH3 is 1. The smallest absolute Gasteiger partial charge is 0.145 e. The average Bonchev–Trinajstić information content (AvgIpc) is 2.46. The molecule has 0 amide bonds. The molecular weight excluding hydrogens is 238 g/mol. The number of aryl methyl sites for hydroxylation is 1. The zero-order chi connectivity index (χ0) is 13.5. The number of hydrogen-bond donors (Lipinski definition) is 0. The highest BCUT2D eigenvalue weighted by Gasteiger charge is 2.00. The van der Waals surface area contributed by atoms with Gasteiger partial charge in [0, 0.05) is 5.56 Å². The topological polar surface area (TPSA) is 30.8 Å². The van der Waals surface area contributed by atoms with E-state index in [9.17, 15) is 0 Å². The first-order valence-corrected chi connectivity index (χ1v) is 6.13. The van der Waals surface area contributed by atoms with Crippen LogP contribution in [-0.2, 0) is 11.4 Å². The van der Waals surface area contributed by atoms with Crippen LogP contribution < -0.4 is 4.74 Å². The van der Waals surface area contributed by atoms with Crippen molar-refractivity contribution < 1.29 is 9.57 Å². The molecule has 19 heavy (non-hydrogen) atoms. The first kappa shape index (κ1) is 13.1. The van der Waals surface area contributed by atoms with Crippen molar-refractivity contribution in [3.63, 3.8) is 0 Å². The summed E-state index contributed by atoms with van der Waals surface area (Å²) in [6, 6.07) is 15.8. The molecule has 0 radical (unpaired) electrons. The normalized spacial score (nSPS) is 10.6. The van der Waals surface area contributed by atoms with Gasteiger partial charge < -0.3 is 9.57 Å². The number of para-hydroxylation sites is 1. The van der Waals surface area contributed by atoms with Crippen LogP contribution in [-0.4, -0.2) is 13.3 Å². The Bertz CT molecular complexity index is 547. The zero-order valence-electron chi connectivity index (χ0n) is 11.2. The molecule has 0 aliphatic heterocycles. The van der Waals surface area contributed by atoms with Crippen molar-refractivity contribution in [2.45, 2.75) is 13.5 Å². The van der Waals surface area contributed by atoms with Crippen LogP contribution >= 0.6 is 0 Å². The first-order chi connectivity index (χ1) is 9.29. The molecule has 2 aromatic carbocycles. The summed E-state index contributed by atoms with van der Waals surface area (Å²) in [5, 5.41) is 3.96. The molecule has 98 valence electrons. The van der Waals surface area contributed by atoms with E-state index >= 15 is 0 Å². The third-order valence-electron chi connectivity index (χ3n) is 2.77. The van der Waals surface area contributed by atoms with E-state index < -0.39 is 0 Å². The number of rotatable bonds is 5. The van der Waals surface area contributed by atoms with Gasteiger partial charge in [-0.05, 0) is 18.6 Å². The molecule has 0 bridgehead atoms. The third-order valence-corrected chi connectivity index (χ3v) is 2.77. The van der Waals surface area contributed by atoms with E-state index in [0.29, 0.717) is 6.61 Å². The second-order valence-electron chi connectivity index (χ2n) is 4.23. The van der Waals surface area contributed by atoms with Gasteiger partial charge in [0.2, 0.25) is 0 Å². The van der Waals surface area contributed by atoms with Gasteiger partial charge in [0.15, 0.2) is 0 Å². The van der Waals surface area contributed by atoms with Crippen molar-refractivity contribution in [3.8, 4) is 5.75 Å². The van der Waals surface area contributed by atoms with Gasteiger partial charge in [0.05, 0.1) is 13.3 Å². The van der Waals surface area contributed by atoms with Crippen LogP contribution in [0.1, 0.15) is 16.7 Å². The maximum absolute atomic E-state index is 5.29. The fourth-order valence-corrected chi connectivity index (χ4v) is 1.68. The van der Waals surface area contributed by atoms with Gasteiger partial charge in [-0.1, -0.05) is 53.2 Å². The van der Waals surface area contributed by atoms with E-state index in [1.807, 2.05) is 48.5 Å². The van der Waals surface area contributed by atoms with Gasteiger partial charge in [0.25, 0.3) is 0 Å². The maximum atomic E-state index is 5.29. The van der Waals surface area contributed by atoms with Gasteiger partial charge in [0.1, 0.15) is 12.4 Å². The van der Waals surface area contributed by atoms with Crippen molar-refractivity contribution in [1.82, 2.24) is 0 Å². The molecule has 0 fully saturated rings. The van der Waals surface area contributed by atoms with E-state index in [-0.39, 0.29) is 0 Å². The van der Waals surface area contributed by atoms with Crippen molar-refractivity contribution >= 4 is 6.21 Å². The standard InChI is InChI=1S/C16H17NO2/c1-13-7-9-14(10-8-13)11-17-19-12-15-5-3-4-6-16(15)18-2/h3-11H,12H2,1-2H3. The fraction of sp³-hybridized carbons (Fsp3) is 0.188. The van der Waals surface area contributed by atoms with Crippen molar-refractivity contribution in [3.05, 3.63) is 65.2 Å². The molecule has 0 spiro atoms. The van der Waals surface area contributed by atoms with Gasteiger partial charge in [-0.15, -0.1) is 0 Å². The predicted octanol–water partition coefficient (Wildman–Crippen LogP) is 3.55.